The lowest BCUT2D eigenvalue weighted by atomic mass is 10.1. The maximum absolute atomic E-state index is 12.7. The van der Waals surface area contributed by atoms with Crippen LogP contribution in [0, 0.1) is 12.8 Å². The molecule has 4 rings (SSSR count). The van der Waals surface area contributed by atoms with Crippen molar-refractivity contribution in [1.82, 2.24) is 15.1 Å². The number of ether oxygens (including phenoxy) is 1. The Morgan fingerprint density at radius 3 is 2.52 bits per heavy atom. The molecule has 0 spiro atoms. The highest BCUT2D eigenvalue weighted by Gasteiger charge is 2.36. The third kappa shape index (κ3) is 5.92. The second-order valence-electron chi connectivity index (χ2n) is 8.98. The van der Waals surface area contributed by atoms with Crippen molar-refractivity contribution in [2.45, 2.75) is 19.9 Å². The average Bonchev–Trinajstić information content (AvgIpc) is 3.22. The van der Waals surface area contributed by atoms with E-state index < -0.39 is 0 Å². The Morgan fingerprint density at radius 2 is 1.79 bits per heavy atom. The first-order valence-corrected chi connectivity index (χ1v) is 11.7. The molecule has 2 aliphatic heterocycles. The van der Waals surface area contributed by atoms with Crippen LogP contribution < -0.4 is 15.0 Å². The number of methoxy groups -OCH3 is 1. The summed E-state index contributed by atoms with van der Waals surface area (Å²) in [4.78, 5) is 31.9. The van der Waals surface area contributed by atoms with Crippen molar-refractivity contribution in [3.8, 4) is 5.75 Å². The summed E-state index contributed by atoms with van der Waals surface area (Å²) in [5, 5.41) is 3.05. The van der Waals surface area contributed by atoms with E-state index in [1.165, 1.54) is 5.56 Å². The number of hydrogen-bond donors (Lipinski definition) is 1. The van der Waals surface area contributed by atoms with Crippen molar-refractivity contribution >= 4 is 17.5 Å². The van der Waals surface area contributed by atoms with E-state index in [4.69, 9.17) is 4.74 Å². The van der Waals surface area contributed by atoms with Gasteiger partial charge in [-0.3, -0.25) is 19.4 Å². The lowest BCUT2D eigenvalue weighted by Gasteiger charge is -2.34. The molecule has 0 aromatic heterocycles. The molecule has 2 heterocycles. The first-order valence-electron chi connectivity index (χ1n) is 11.7. The number of piperazine rings is 1. The normalized spacial score (nSPS) is 19.6. The molecule has 7 heteroatoms. The molecule has 2 aromatic carbocycles. The highest BCUT2D eigenvalue weighted by molar-refractivity contribution is 6.01. The molecule has 33 heavy (non-hydrogen) atoms. The Labute approximate surface area is 196 Å². The van der Waals surface area contributed by atoms with Gasteiger partial charge in [-0.05, 0) is 30.2 Å². The fourth-order valence-corrected chi connectivity index (χ4v) is 4.62. The number of aryl methyl sites for hydroxylation is 1. The van der Waals surface area contributed by atoms with Crippen molar-refractivity contribution in [2.75, 3.05) is 57.8 Å². The molecule has 1 N–H and O–H groups in total. The summed E-state index contributed by atoms with van der Waals surface area (Å²) in [6.45, 7) is 8.88. The Bertz CT molecular complexity index is 957. The second-order valence-corrected chi connectivity index (χ2v) is 8.98. The molecular weight excluding hydrogens is 416 g/mol. The van der Waals surface area contributed by atoms with Crippen molar-refractivity contribution in [1.29, 1.82) is 0 Å². The number of benzene rings is 2. The van der Waals surface area contributed by atoms with Gasteiger partial charge in [0.15, 0.2) is 0 Å². The van der Waals surface area contributed by atoms with Crippen LogP contribution in [0.5, 0.6) is 5.75 Å². The standard InChI is InChI=1S/C26H34N4O3/c1-20-8-9-24(33-2)23(16-20)30-19-22(17-25(30)31)26(32)27-10-11-28-12-14-29(15-13-28)18-21-6-4-3-5-7-21/h3-9,16,22H,10-15,17-19H2,1-2H3,(H,27,32). The Kier molecular flexibility index (Phi) is 7.62. The van der Waals surface area contributed by atoms with Gasteiger partial charge in [-0.1, -0.05) is 36.4 Å². The molecule has 0 radical (unpaired) electrons. The zero-order chi connectivity index (χ0) is 23.2. The summed E-state index contributed by atoms with van der Waals surface area (Å²) in [5.74, 6) is 0.251. The highest BCUT2D eigenvalue weighted by atomic mass is 16.5. The van der Waals surface area contributed by atoms with Gasteiger partial charge in [-0.15, -0.1) is 0 Å². The van der Waals surface area contributed by atoms with Crippen molar-refractivity contribution < 1.29 is 14.3 Å². The first-order chi connectivity index (χ1) is 16.0. The van der Waals surface area contributed by atoms with Gasteiger partial charge in [0.05, 0.1) is 18.7 Å². The van der Waals surface area contributed by atoms with Crippen LogP contribution in [0.1, 0.15) is 17.5 Å². The molecule has 2 fully saturated rings. The molecule has 0 saturated carbocycles. The smallest absolute Gasteiger partial charge is 0.227 e. The Hall–Kier alpha value is -2.90. The van der Waals surface area contributed by atoms with Crippen LogP contribution in [-0.4, -0.2) is 74.5 Å². The number of carbonyl (C=O) groups excluding carboxylic acids is 2. The van der Waals surface area contributed by atoms with Crippen molar-refractivity contribution in [3.63, 3.8) is 0 Å². The minimum absolute atomic E-state index is 0.0337. The van der Waals surface area contributed by atoms with Gasteiger partial charge in [0.1, 0.15) is 5.75 Å². The van der Waals surface area contributed by atoms with Gasteiger partial charge in [-0.25, -0.2) is 0 Å². The van der Waals surface area contributed by atoms with Gasteiger partial charge < -0.3 is 15.0 Å². The highest BCUT2D eigenvalue weighted by Crippen LogP contribution is 2.33. The van der Waals surface area contributed by atoms with Gasteiger partial charge in [0.2, 0.25) is 11.8 Å². The molecule has 0 aliphatic carbocycles. The van der Waals surface area contributed by atoms with Crippen LogP contribution in [0.4, 0.5) is 5.69 Å². The topological polar surface area (TPSA) is 65.1 Å². The Balaban J connectivity index is 1.20. The summed E-state index contributed by atoms with van der Waals surface area (Å²) in [7, 11) is 1.60. The van der Waals surface area contributed by atoms with E-state index in [-0.39, 0.29) is 24.2 Å². The predicted molar refractivity (Wildman–Crippen MR) is 129 cm³/mol. The molecule has 2 aromatic rings. The molecular formula is C26H34N4O3. The van der Waals surface area contributed by atoms with Gasteiger partial charge in [-0.2, -0.15) is 0 Å². The van der Waals surface area contributed by atoms with Gasteiger partial charge >= 0.3 is 0 Å². The van der Waals surface area contributed by atoms with Crippen molar-refractivity contribution in [3.05, 3.63) is 59.7 Å². The number of hydrogen-bond acceptors (Lipinski definition) is 5. The maximum atomic E-state index is 12.7. The third-order valence-corrected chi connectivity index (χ3v) is 6.56. The summed E-state index contributed by atoms with van der Waals surface area (Å²) < 4.78 is 5.43. The monoisotopic (exact) mass is 450 g/mol. The number of amides is 2. The molecule has 1 unspecified atom stereocenters. The molecule has 7 nitrogen and oxygen atoms in total. The van der Waals surface area contributed by atoms with E-state index in [1.54, 1.807) is 12.0 Å². The van der Waals surface area contributed by atoms with E-state index in [0.29, 0.717) is 18.8 Å². The molecule has 0 bridgehead atoms. The zero-order valence-electron chi connectivity index (χ0n) is 19.6. The Morgan fingerprint density at radius 1 is 1.06 bits per heavy atom. The van der Waals surface area contributed by atoms with Crippen LogP contribution >= 0.6 is 0 Å². The summed E-state index contributed by atoms with van der Waals surface area (Å²) in [6, 6.07) is 16.3. The van der Waals surface area contributed by atoms with Crippen LogP contribution in [0.25, 0.3) is 0 Å². The largest absolute Gasteiger partial charge is 0.495 e. The predicted octanol–water partition coefficient (Wildman–Crippen LogP) is 2.29. The third-order valence-electron chi connectivity index (χ3n) is 6.56. The average molecular weight is 451 g/mol. The zero-order valence-corrected chi connectivity index (χ0v) is 19.6. The minimum Gasteiger partial charge on any atom is -0.495 e. The SMILES string of the molecule is COc1ccc(C)cc1N1CC(C(=O)NCCN2CCN(Cc3ccccc3)CC2)CC1=O. The molecule has 176 valence electrons. The molecule has 2 amide bonds. The van der Waals surface area contributed by atoms with Crippen LogP contribution in [0.15, 0.2) is 48.5 Å². The van der Waals surface area contributed by atoms with E-state index in [9.17, 15) is 9.59 Å². The quantitative estimate of drug-likeness (QED) is 0.669. The van der Waals surface area contributed by atoms with Crippen molar-refractivity contribution in [2.24, 2.45) is 5.92 Å². The lowest BCUT2D eigenvalue weighted by Crippen LogP contribution is -2.48. The van der Waals surface area contributed by atoms with E-state index in [0.717, 1.165) is 50.5 Å². The minimum atomic E-state index is -0.328. The lowest BCUT2D eigenvalue weighted by molar-refractivity contribution is -0.126. The van der Waals surface area contributed by atoms with Crippen LogP contribution in [0.3, 0.4) is 0 Å². The maximum Gasteiger partial charge on any atom is 0.227 e. The number of nitrogens with zero attached hydrogens (tertiary/aromatic N) is 3. The summed E-state index contributed by atoms with van der Waals surface area (Å²) in [6.07, 6.45) is 0.237. The molecule has 2 aliphatic rings. The van der Waals surface area contributed by atoms with E-state index in [1.807, 2.05) is 31.2 Å². The number of nitrogens with one attached hydrogen (secondary N) is 1. The fraction of sp³-hybridized carbons (Fsp3) is 0.462. The number of rotatable bonds is 8. The van der Waals surface area contributed by atoms with Gasteiger partial charge in [0, 0.05) is 58.8 Å². The van der Waals surface area contributed by atoms with E-state index >= 15 is 0 Å². The second kappa shape index (κ2) is 10.8. The fourth-order valence-electron chi connectivity index (χ4n) is 4.62. The first kappa shape index (κ1) is 23.3. The van der Waals surface area contributed by atoms with Gasteiger partial charge in [0.25, 0.3) is 0 Å². The van der Waals surface area contributed by atoms with E-state index in [2.05, 4.69) is 39.4 Å². The summed E-state index contributed by atoms with van der Waals surface area (Å²) in [5.41, 5.74) is 3.14. The van der Waals surface area contributed by atoms with Crippen LogP contribution in [-0.2, 0) is 16.1 Å². The number of anilines is 1. The summed E-state index contributed by atoms with van der Waals surface area (Å²) >= 11 is 0. The van der Waals surface area contributed by atoms with Crippen LogP contribution in [0.2, 0.25) is 0 Å². The molecule has 1 atom stereocenters. The molecule has 2 saturated heterocycles. The number of carbonyl (C=O) groups is 2.